The lowest BCUT2D eigenvalue weighted by atomic mass is 9.97. The molecule has 2 atom stereocenters. The van der Waals surface area contributed by atoms with Crippen LogP contribution >= 0.6 is 0 Å². The molecule has 42 heavy (non-hydrogen) atoms. The minimum absolute atomic E-state index is 0. The van der Waals surface area contributed by atoms with Crippen molar-refractivity contribution in [2.24, 2.45) is 5.73 Å². The van der Waals surface area contributed by atoms with Crippen molar-refractivity contribution in [3.05, 3.63) is 59.3 Å². The van der Waals surface area contributed by atoms with Crippen molar-refractivity contribution in [2.45, 2.75) is 58.4 Å². The number of rotatable bonds is 5. The molecule has 2 aromatic carbocycles. The van der Waals surface area contributed by atoms with Crippen molar-refractivity contribution in [2.75, 3.05) is 31.7 Å². The number of ether oxygens (including phenoxy) is 2. The van der Waals surface area contributed by atoms with Crippen LogP contribution in [-0.4, -0.2) is 56.6 Å². The zero-order valence-corrected chi connectivity index (χ0v) is 24.0. The smallest absolute Gasteiger partial charge is 0.419 e. The maximum Gasteiger partial charge on any atom is 0.419 e. The van der Waals surface area contributed by atoms with E-state index in [1.165, 1.54) is 37.0 Å². The maximum atomic E-state index is 15.1. The van der Waals surface area contributed by atoms with E-state index in [2.05, 4.69) is 19.2 Å². The fourth-order valence-electron chi connectivity index (χ4n) is 4.16. The van der Waals surface area contributed by atoms with Gasteiger partial charge in [-0.1, -0.05) is 32.8 Å². The fraction of sp³-hybridized carbons (Fsp3) is 0.448. The molecule has 2 heterocycles. The number of alkyl halides is 3. The molecule has 4 rings (SSSR count). The fourth-order valence-corrected chi connectivity index (χ4v) is 4.16. The topological polar surface area (TPSA) is 125 Å². The molecule has 2 aliphatic rings. The van der Waals surface area contributed by atoms with Gasteiger partial charge in [0, 0.05) is 23.9 Å². The van der Waals surface area contributed by atoms with Crippen molar-refractivity contribution >= 4 is 17.9 Å². The maximum absolute atomic E-state index is 15.1. The lowest BCUT2D eigenvalue weighted by Gasteiger charge is -2.44. The number of hydrogen-bond donors (Lipinski definition) is 2. The highest BCUT2D eigenvalue weighted by atomic mass is 19.4. The van der Waals surface area contributed by atoms with Gasteiger partial charge in [-0.05, 0) is 49.7 Å². The van der Waals surface area contributed by atoms with Gasteiger partial charge in [0.05, 0.1) is 30.5 Å². The number of morpholine rings is 1. The largest absolute Gasteiger partial charge is 0.495 e. The molecule has 2 fully saturated rings. The zero-order chi connectivity index (χ0) is 30.7. The van der Waals surface area contributed by atoms with Crippen LogP contribution in [0.2, 0.25) is 0 Å². The first-order chi connectivity index (χ1) is 19.4. The Morgan fingerprint density at radius 2 is 1.83 bits per heavy atom. The van der Waals surface area contributed by atoms with Crippen LogP contribution < -0.4 is 20.7 Å². The van der Waals surface area contributed by atoms with E-state index in [4.69, 9.17) is 15.2 Å². The number of unbranched alkanes of at least 4 members (excludes halogenated alkanes) is 1. The summed E-state index contributed by atoms with van der Waals surface area (Å²) >= 11 is 0. The highest BCUT2D eigenvalue weighted by Gasteiger charge is 2.40. The molecule has 2 saturated heterocycles. The molecule has 13 heteroatoms. The number of carbonyl (C=O) groups is 2. The summed E-state index contributed by atoms with van der Waals surface area (Å²) in [6, 6.07) is 4.21. The molecule has 0 radical (unpaired) electrons. The third-order valence-corrected chi connectivity index (χ3v) is 6.35. The number of halogens is 5. The number of piperidine rings is 1. The SMILES string of the molecule is C/C(N)=C/C=O.CCCC.COc1cc(-c2ccc(F)c(C(F)(F)F)c2)c(F)cc1N1C(=O)CO[C@@H]2CNCC[C@H]21.O. The number of anilines is 1. The minimum atomic E-state index is -4.93. The number of allylic oxidation sites excluding steroid dienone is 2. The van der Waals surface area contributed by atoms with E-state index in [9.17, 15) is 27.2 Å². The Bertz CT molecular complexity index is 1220. The normalized spacial score (nSPS) is 18.4. The number of fused-ring (bicyclic) bond motifs is 1. The van der Waals surface area contributed by atoms with E-state index in [0.717, 1.165) is 12.1 Å². The van der Waals surface area contributed by atoms with E-state index < -0.39 is 23.4 Å². The molecule has 0 spiro atoms. The summed E-state index contributed by atoms with van der Waals surface area (Å²) in [6.07, 6.45) is -0.0129. The lowest BCUT2D eigenvalue weighted by Crippen LogP contribution is -2.61. The van der Waals surface area contributed by atoms with Gasteiger partial charge < -0.3 is 30.9 Å². The van der Waals surface area contributed by atoms with Gasteiger partial charge in [-0.15, -0.1) is 0 Å². The summed E-state index contributed by atoms with van der Waals surface area (Å²) in [7, 11) is 1.32. The molecule has 234 valence electrons. The summed E-state index contributed by atoms with van der Waals surface area (Å²) < 4.78 is 78.9. The molecular formula is C29H38F5N3O5. The third kappa shape index (κ3) is 9.50. The van der Waals surface area contributed by atoms with Crippen LogP contribution in [0, 0.1) is 11.6 Å². The van der Waals surface area contributed by atoms with Crippen molar-refractivity contribution in [3.8, 4) is 16.9 Å². The second-order valence-corrected chi connectivity index (χ2v) is 9.42. The van der Waals surface area contributed by atoms with Crippen LogP contribution in [0.3, 0.4) is 0 Å². The number of aldehydes is 1. The predicted molar refractivity (Wildman–Crippen MR) is 150 cm³/mol. The van der Waals surface area contributed by atoms with Gasteiger partial charge in [0.25, 0.3) is 5.91 Å². The number of hydrogen-bond acceptors (Lipinski definition) is 6. The number of nitrogens with two attached hydrogens (primary N) is 1. The van der Waals surface area contributed by atoms with Crippen LogP contribution in [-0.2, 0) is 20.5 Å². The van der Waals surface area contributed by atoms with Crippen molar-refractivity contribution in [3.63, 3.8) is 0 Å². The minimum Gasteiger partial charge on any atom is -0.495 e. The standard InChI is InChI=1S/C21H19F5N2O3.C4H7NO.C4H10.H2O/c1-30-18-7-12(11-2-3-14(22)13(6-11)21(24,25)26)15(23)8-17(18)28-16-4-5-27-9-19(16)31-10-20(28)29;1-4(5)2-3-6;1-3-4-2;/h2-3,6-8,16,19,27H,4-5,9-10H2,1H3;2-3H,5H2,1H3;3-4H2,1-2H3;1H2/b;4-2-;;/t16-,19-;;;/m1.../s1. The lowest BCUT2D eigenvalue weighted by molar-refractivity contribution is -0.140. The highest BCUT2D eigenvalue weighted by Crippen LogP contribution is 2.40. The van der Waals surface area contributed by atoms with Gasteiger partial charge in [0.15, 0.2) is 0 Å². The van der Waals surface area contributed by atoms with E-state index in [1.54, 1.807) is 6.92 Å². The van der Waals surface area contributed by atoms with E-state index >= 15 is 4.39 Å². The first-order valence-corrected chi connectivity index (χ1v) is 13.2. The van der Waals surface area contributed by atoms with Crippen LogP contribution in [0.4, 0.5) is 27.6 Å². The van der Waals surface area contributed by atoms with Gasteiger partial charge in [0.2, 0.25) is 0 Å². The van der Waals surface area contributed by atoms with Crippen molar-refractivity contribution < 1.29 is 46.5 Å². The summed E-state index contributed by atoms with van der Waals surface area (Å²) in [5.74, 6) is -2.56. The predicted octanol–water partition coefficient (Wildman–Crippen LogP) is 4.78. The van der Waals surface area contributed by atoms with Crippen LogP contribution in [0.25, 0.3) is 11.1 Å². The van der Waals surface area contributed by atoms with Crippen molar-refractivity contribution in [1.82, 2.24) is 5.32 Å². The number of carbonyl (C=O) groups excluding carboxylic acids is 2. The number of methoxy groups -OCH3 is 1. The average Bonchev–Trinajstić information content (AvgIpc) is 2.93. The van der Waals surface area contributed by atoms with Crippen LogP contribution in [0.1, 0.15) is 45.6 Å². The van der Waals surface area contributed by atoms with Crippen LogP contribution in [0.5, 0.6) is 5.75 Å². The molecule has 0 aromatic heterocycles. The second kappa shape index (κ2) is 16.8. The Hall–Kier alpha value is -3.55. The summed E-state index contributed by atoms with van der Waals surface area (Å²) in [5, 5.41) is 3.17. The molecule has 2 aromatic rings. The molecule has 0 saturated carbocycles. The second-order valence-electron chi connectivity index (χ2n) is 9.42. The molecule has 2 aliphatic heterocycles. The Morgan fingerprint density at radius 3 is 2.36 bits per heavy atom. The van der Waals surface area contributed by atoms with Gasteiger partial charge in [-0.3, -0.25) is 9.59 Å². The highest BCUT2D eigenvalue weighted by molar-refractivity contribution is 5.97. The monoisotopic (exact) mass is 603 g/mol. The summed E-state index contributed by atoms with van der Waals surface area (Å²) in [6.45, 7) is 7.02. The van der Waals surface area contributed by atoms with E-state index in [1.807, 2.05) is 0 Å². The number of benzene rings is 2. The molecule has 5 N–H and O–H groups in total. The van der Waals surface area contributed by atoms with E-state index in [-0.39, 0.29) is 52.7 Å². The Labute approximate surface area is 242 Å². The van der Waals surface area contributed by atoms with Crippen LogP contribution in [0.15, 0.2) is 42.1 Å². The number of amides is 1. The van der Waals surface area contributed by atoms with Gasteiger partial charge >= 0.3 is 6.18 Å². The quantitative estimate of drug-likeness (QED) is 0.288. The van der Waals surface area contributed by atoms with Crippen molar-refractivity contribution in [1.29, 1.82) is 0 Å². The first kappa shape index (κ1) is 36.5. The Balaban J connectivity index is 0.000000695. The van der Waals surface area contributed by atoms with E-state index in [0.29, 0.717) is 43.6 Å². The summed E-state index contributed by atoms with van der Waals surface area (Å²) in [5.41, 5.74) is 3.90. The third-order valence-electron chi connectivity index (χ3n) is 6.35. The molecule has 0 aliphatic carbocycles. The number of nitrogens with one attached hydrogen (secondary N) is 1. The average molecular weight is 604 g/mol. The molecule has 1 amide bonds. The number of nitrogens with zero attached hydrogens (tertiary/aromatic N) is 1. The molecule has 8 nitrogen and oxygen atoms in total. The Morgan fingerprint density at radius 1 is 1.17 bits per heavy atom. The Kier molecular flexibility index (Phi) is 14.6. The zero-order valence-electron chi connectivity index (χ0n) is 24.0. The summed E-state index contributed by atoms with van der Waals surface area (Å²) in [4.78, 5) is 23.5. The van der Waals surface area contributed by atoms with Gasteiger partial charge in [-0.25, -0.2) is 8.78 Å². The molecule has 0 bridgehead atoms. The van der Waals surface area contributed by atoms with Gasteiger partial charge in [0.1, 0.15) is 30.3 Å². The first-order valence-electron chi connectivity index (χ1n) is 13.2. The molecule has 0 unspecified atom stereocenters. The molecular weight excluding hydrogens is 565 g/mol. The van der Waals surface area contributed by atoms with Gasteiger partial charge in [-0.2, -0.15) is 13.2 Å².